The van der Waals surface area contributed by atoms with E-state index in [1.807, 2.05) is 0 Å². The molecular weight excluding hydrogens is 1280 g/mol. The number of esters is 4. The third kappa shape index (κ3) is 71.9. The zero-order valence-electron chi connectivity index (χ0n) is 63.2. The van der Waals surface area contributed by atoms with Gasteiger partial charge in [-0.25, -0.2) is 9.13 Å². The number of rotatable bonds is 78. The Labute approximate surface area is 599 Å². The van der Waals surface area contributed by atoms with Crippen LogP contribution in [0.25, 0.3) is 0 Å². The van der Waals surface area contributed by atoms with Crippen LogP contribution in [0.1, 0.15) is 400 Å². The second-order valence-corrected chi connectivity index (χ2v) is 30.6. The van der Waals surface area contributed by atoms with Gasteiger partial charge in [0.25, 0.3) is 0 Å². The van der Waals surface area contributed by atoms with E-state index < -0.39 is 97.5 Å². The van der Waals surface area contributed by atoms with Gasteiger partial charge in [0.15, 0.2) is 12.2 Å². The predicted molar refractivity (Wildman–Crippen MR) is 400 cm³/mol. The summed E-state index contributed by atoms with van der Waals surface area (Å²) in [7, 11) is -9.93. The highest BCUT2D eigenvalue weighted by molar-refractivity contribution is 7.47. The van der Waals surface area contributed by atoms with Crippen molar-refractivity contribution in [1.82, 2.24) is 0 Å². The van der Waals surface area contributed by atoms with Crippen molar-refractivity contribution in [1.29, 1.82) is 0 Å². The molecule has 0 aliphatic heterocycles. The number of ether oxygens (including phenoxy) is 4. The standard InChI is InChI=1S/C79H150O17P2/c1-5-9-13-17-21-25-29-33-36-40-43-47-51-55-59-63-76(81)89-69-74(95-78(83)65-61-57-53-49-45-39-32-28-24-20-16-12-8-4)71-93-97(85,86)91-67-73(80)68-92-98(87,88)94-72-75(96-79(84)66-62-58-54-50-46-42-38-35-31-27-23-19-15-11-7-3)70-90-77(82)64-60-56-52-48-44-41-37-34-30-26-22-18-14-10-6-2/h23,27,35,38,73-75,80H,5-22,24-26,28-34,36-37,39-72H2,1-4H3,(H,85,86)(H,87,88)/b27-23-,38-35-/t73-,74+,75+/m0/s1. The number of allylic oxidation sites excluding steroid dienone is 4. The van der Waals surface area contributed by atoms with Crippen molar-refractivity contribution in [3.63, 3.8) is 0 Å². The fourth-order valence-corrected chi connectivity index (χ4v) is 13.3. The molecule has 17 nitrogen and oxygen atoms in total. The first-order chi connectivity index (χ1) is 47.7. The van der Waals surface area contributed by atoms with E-state index in [4.69, 9.17) is 37.0 Å². The fourth-order valence-electron chi connectivity index (χ4n) is 11.7. The van der Waals surface area contributed by atoms with E-state index in [-0.39, 0.29) is 25.7 Å². The first kappa shape index (κ1) is 95.5. The number of phosphoric acid groups is 2. The van der Waals surface area contributed by atoms with Crippen molar-refractivity contribution in [3.05, 3.63) is 24.3 Å². The minimum Gasteiger partial charge on any atom is -0.462 e. The quantitative estimate of drug-likeness (QED) is 0.0169. The molecule has 0 heterocycles. The molecule has 0 fully saturated rings. The van der Waals surface area contributed by atoms with Gasteiger partial charge in [0.1, 0.15) is 19.3 Å². The number of hydrogen-bond donors (Lipinski definition) is 3. The molecule has 0 amide bonds. The highest BCUT2D eigenvalue weighted by atomic mass is 31.2. The average molecular weight is 1430 g/mol. The third-order valence-corrected chi connectivity index (χ3v) is 19.9. The van der Waals surface area contributed by atoms with Crippen molar-refractivity contribution in [2.75, 3.05) is 39.6 Å². The monoisotopic (exact) mass is 1430 g/mol. The largest absolute Gasteiger partial charge is 0.472 e. The number of unbranched alkanes of at least 4 members (excludes halogenated alkanes) is 48. The molecule has 0 aliphatic rings. The van der Waals surface area contributed by atoms with Crippen molar-refractivity contribution in [2.24, 2.45) is 0 Å². The third-order valence-electron chi connectivity index (χ3n) is 17.9. The first-order valence-corrected chi connectivity index (χ1v) is 43.6. The zero-order valence-corrected chi connectivity index (χ0v) is 65.0. The molecular formula is C79H150O17P2. The van der Waals surface area contributed by atoms with Crippen LogP contribution >= 0.6 is 15.6 Å². The minimum absolute atomic E-state index is 0.0877. The molecule has 19 heteroatoms. The van der Waals surface area contributed by atoms with Gasteiger partial charge in [0.2, 0.25) is 0 Å². The van der Waals surface area contributed by atoms with E-state index in [2.05, 4.69) is 52.0 Å². The van der Waals surface area contributed by atoms with Crippen molar-refractivity contribution < 1.29 is 80.2 Å². The summed E-state index contributed by atoms with van der Waals surface area (Å²) in [6.07, 6.45) is 67.2. The summed E-state index contributed by atoms with van der Waals surface area (Å²) in [6, 6.07) is 0. The predicted octanol–water partition coefficient (Wildman–Crippen LogP) is 23.3. The topological polar surface area (TPSA) is 237 Å². The Balaban J connectivity index is 5.29. The number of aliphatic hydroxyl groups excluding tert-OH is 1. The molecule has 0 aromatic heterocycles. The minimum atomic E-state index is -4.97. The Morgan fingerprint density at radius 3 is 0.776 bits per heavy atom. The maximum Gasteiger partial charge on any atom is 0.472 e. The molecule has 0 spiro atoms. The van der Waals surface area contributed by atoms with Crippen LogP contribution in [-0.4, -0.2) is 96.7 Å². The van der Waals surface area contributed by atoms with E-state index in [0.717, 1.165) is 109 Å². The molecule has 0 saturated heterocycles. The molecule has 5 atom stereocenters. The number of aliphatic hydroxyl groups is 1. The van der Waals surface area contributed by atoms with Crippen LogP contribution in [0.4, 0.5) is 0 Å². The van der Waals surface area contributed by atoms with Gasteiger partial charge < -0.3 is 33.8 Å². The van der Waals surface area contributed by atoms with Gasteiger partial charge in [-0.15, -0.1) is 0 Å². The van der Waals surface area contributed by atoms with Crippen molar-refractivity contribution in [3.8, 4) is 0 Å². The lowest BCUT2D eigenvalue weighted by Gasteiger charge is -2.21. The lowest BCUT2D eigenvalue weighted by atomic mass is 10.0. The summed E-state index contributed by atoms with van der Waals surface area (Å²) in [6.45, 7) is 4.95. The molecule has 98 heavy (non-hydrogen) atoms. The first-order valence-electron chi connectivity index (χ1n) is 40.6. The molecule has 0 aromatic rings. The molecule has 578 valence electrons. The molecule has 0 radical (unpaired) electrons. The molecule has 0 aliphatic carbocycles. The molecule has 0 rings (SSSR count). The molecule has 2 unspecified atom stereocenters. The number of phosphoric ester groups is 2. The Bertz CT molecular complexity index is 1950. The van der Waals surface area contributed by atoms with Crippen LogP contribution in [0.2, 0.25) is 0 Å². The Morgan fingerprint density at radius 2 is 0.500 bits per heavy atom. The van der Waals surface area contributed by atoms with Crippen LogP contribution in [0.15, 0.2) is 24.3 Å². The van der Waals surface area contributed by atoms with Crippen molar-refractivity contribution >= 4 is 39.5 Å². The van der Waals surface area contributed by atoms with Gasteiger partial charge in [-0.05, 0) is 57.8 Å². The summed E-state index contributed by atoms with van der Waals surface area (Å²) in [4.78, 5) is 73.0. The summed E-state index contributed by atoms with van der Waals surface area (Å²) in [5.41, 5.74) is 0. The van der Waals surface area contributed by atoms with Gasteiger partial charge in [0, 0.05) is 25.7 Å². The Kier molecular flexibility index (Phi) is 71.0. The normalized spacial score (nSPS) is 14.0. The molecule has 0 aromatic carbocycles. The lowest BCUT2D eigenvalue weighted by Crippen LogP contribution is -2.30. The lowest BCUT2D eigenvalue weighted by molar-refractivity contribution is -0.161. The van der Waals surface area contributed by atoms with Gasteiger partial charge in [0.05, 0.1) is 26.4 Å². The number of carbonyl (C=O) groups excluding carboxylic acids is 4. The highest BCUT2D eigenvalue weighted by Gasteiger charge is 2.30. The molecule has 0 bridgehead atoms. The van der Waals surface area contributed by atoms with Gasteiger partial charge in [-0.2, -0.15) is 0 Å². The van der Waals surface area contributed by atoms with Crippen LogP contribution in [0, 0.1) is 0 Å². The van der Waals surface area contributed by atoms with E-state index in [1.165, 1.54) is 212 Å². The van der Waals surface area contributed by atoms with Crippen LogP contribution in [0.5, 0.6) is 0 Å². The van der Waals surface area contributed by atoms with E-state index in [1.54, 1.807) is 0 Å². The highest BCUT2D eigenvalue weighted by Crippen LogP contribution is 2.45. The smallest absolute Gasteiger partial charge is 0.462 e. The zero-order chi connectivity index (χ0) is 71.8. The maximum absolute atomic E-state index is 13.1. The van der Waals surface area contributed by atoms with Gasteiger partial charge in [-0.3, -0.25) is 37.3 Å². The number of carbonyl (C=O) groups is 4. The van der Waals surface area contributed by atoms with Crippen LogP contribution in [-0.2, 0) is 65.4 Å². The summed E-state index contributed by atoms with van der Waals surface area (Å²) >= 11 is 0. The molecule has 3 N–H and O–H groups in total. The van der Waals surface area contributed by atoms with Crippen molar-refractivity contribution in [2.45, 2.75) is 418 Å². The second kappa shape index (κ2) is 72.9. The Hall–Kier alpha value is -2.46. The SMILES string of the molecule is CCCCC/C=C\C/C=C\CCCCCCCC(=O)O[C@H](COC(=O)CCCCCCCCCCCCCCCCC)COP(=O)(O)OC[C@@H](O)COP(=O)(O)OC[C@@H](COC(=O)CCCCCCCCCCCCCCCCC)OC(=O)CCCCCCCCCCCCCCC. The average Bonchev–Trinajstić information content (AvgIpc) is 0.984. The summed E-state index contributed by atoms with van der Waals surface area (Å²) < 4.78 is 68.6. The summed E-state index contributed by atoms with van der Waals surface area (Å²) in [5, 5.41) is 10.6. The van der Waals surface area contributed by atoms with Crippen LogP contribution < -0.4 is 0 Å². The van der Waals surface area contributed by atoms with Crippen LogP contribution in [0.3, 0.4) is 0 Å². The van der Waals surface area contributed by atoms with E-state index in [9.17, 15) is 43.2 Å². The summed E-state index contributed by atoms with van der Waals surface area (Å²) in [5.74, 6) is -2.13. The fraction of sp³-hybridized carbons (Fsp3) is 0.899. The van der Waals surface area contributed by atoms with Gasteiger partial charge in [-0.1, -0.05) is 341 Å². The van der Waals surface area contributed by atoms with E-state index >= 15 is 0 Å². The maximum atomic E-state index is 13.1. The second-order valence-electron chi connectivity index (χ2n) is 27.7. The van der Waals surface area contributed by atoms with E-state index in [0.29, 0.717) is 25.7 Å². The number of hydrogen-bond acceptors (Lipinski definition) is 15. The van der Waals surface area contributed by atoms with Gasteiger partial charge >= 0.3 is 39.5 Å². The Morgan fingerprint density at radius 1 is 0.286 bits per heavy atom. The molecule has 0 saturated carbocycles.